The minimum Gasteiger partial charge on any atom is -0.457 e. The highest BCUT2D eigenvalue weighted by Crippen LogP contribution is 2.58. The van der Waals surface area contributed by atoms with Crippen LogP contribution < -0.4 is 9.61 Å². The minimum atomic E-state index is -4.42. The molecule has 0 bridgehead atoms. The summed E-state index contributed by atoms with van der Waals surface area (Å²) in [4.78, 5) is 25.2. The van der Waals surface area contributed by atoms with Gasteiger partial charge >= 0.3 is 19.5 Å². The predicted octanol–water partition coefficient (Wildman–Crippen LogP) is 4.73. The molecule has 0 amide bonds. The maximum atomic E-state index is 16.1. The van der Waals surface area contributed by atoms with Crippen molar-refractivity contribution in [2.45, 2.75) is 25.5 Å². The molecule has 0 aliphatic heterocycles. The fourth-order valence-electron chi connectivity index (χ4n) is 3.44. The molecule has 14 heteroatoms. The summed E-state index contributed by atoms with van der Waals surface area (Å²) in [6, 6.07) is 13.0. The quantitative estimate of drug-likeness (QED) is 0.144. The van der Waals surface area contributed by atoms with Gasteiger partial charge in [-0.3, -0.25) is 9.36 Å². The van der Waals surface area contributed by atoms with Crippen LogP contribution in [0.4, 0.5) is 4.39 Å². The van der Waals surface area contributed by atoms with Crippen molar-refractivity contribution in [1.29, 1.82) is 0 Å². The van der Waals surface area contributed by atoms with Crippen LogP contribution in [0.5, 0.6) is 5.75 Å². The van der Waals surface area contributed by atoms with E-state index in [9.17, 15) is 14.2 Å². The van der Waals surface area contributed by atoms with Crippen LogP contribution in [0.1, 0.15) is 33.9 Å². The second-order valence-electron chi connectivity index (χ2n) is 8.31. The molecule has 0 spiro atoms. The maximum absolute atomic E-state index is 16.1. The van der Waals surface area contributed by atoms with Crippen LogP contribution in [-0.2, 0) is 32.5 Å². The van der Waals surface area contributed by atoms with Gasteiger partial charge in [0.1, 0.15) is 23.3 Å². The Hall–Kier alpha value is -3.93. The van der Waals surface area contributed by atoms with E-state index in [0.717, 1.165) is 0 Å². The van der Waals surface area contributed by atoms with Crippen molar-refractivity contribution in [2.75, 3.05) is 6.61 Å². The van der Waals surface area contributed by atoms with Gasteiger partial charge in [0.05, 0.1) is 0 Å². The van der Waals surface area contributed by atoms with E-state index < -0.39 is 31.4 Å². The molecule has 0 aliphatic carbocycles. The molecule has 0 saturated heterocycles. The first kappa shape index (κ1) is 28.1. The third-order valence-electron chi connectivity index (χ3n) is 5.41. The molecule has 3 atom stereocenters. The van der Waals surface area contributed by atoms with E-state index in [-0.39, 0.29) is 24.5 Å². The van der Waals surface area contributed by atoms with Gasteiger partial charge < -0.3 is 14.0 Å². The number of aryl methyl sites for hydroxylation is 1. The third-order valence-corrected chi connectivity index (χ3v) is 8.63. The van der Waals surface area contributed by atoms with Crippen molar-refractivity contribution in [3.05, 3.63) is 83.5 Å². The van der Waals surface area contributed by atoms with Crippen LogP contribution in [0.25, 0.3) is 10.1 Å². The van der Waals surface area contributed by atoms with Crippen molar-refractivity contribution in [2.24, 2.45) is 7.05 Å². The summed E-state index contributed by atoms with van der Waals surface area (Å²) in [5.74, 6) is -3.07. The van der Waals surface area contributed by atoms with Crippen molar-refractivity contribution in [1.82, 2.24) is 25.3 Å². The molecule has 2 aromatic heterocycles. The summed E-state index contributed by atoms with van der Waals surface area (Å²) in [6.07, 6.45) is 1.46. The number of thiophene rings is 1. The molecule has 4 aromatic rings. The van der Waals surface area contributed by atoms with Crippen LogP contribution in [0, 0.1) is 0 Å². The number of halogens is 1. The standard InChI is InChI=1S/C25H25FN5O6PS/c1-4-12-35-25(33)21-14-18-13-17(10-11-20(18)39-21)23(26)38(34,37-19-8-6-5-7-9-19)28-16(2)24(32)36-15-22-27-29-30-31(22)3/h4-11,13-14,16,23H,1,12,15H2,2-3H3,(H,28,34)/t16?,23-,38?/m1/s1. The van der Waals surface area contributed by atoms with E-state index >= 15 is 4.39 Å². The number of carbonyl (C=O) groups excluding carboxylic acids is 2. The number of nitrogens with zero attached hydrogens (tertiary/aromatic N) is 4. The zero-order valence-electron chi connectivity index (χ0n) is 21.0. The molecule has 2 unspecified atom stereocenters. The Morgan fingerprint density at radius 2 is 1.97 bits per heavy atom. The van der Waals surface area contributed by atoms with Crippen LogP contribution in [-0.4, -0.2) is 44.8 Å². The lowest BCUT2D eigenvalue weighted by Crippen LogP contribution is -2.35. The van der Waals surface area contributed by atoms with E-state index in [2.05, 4.69) is 27.2 Å². The van der Waals surface area contributed by atoms with Crippen molar-refractivity contribution in [3.63, 3.8) is 0 Å². The maximum Gasteiger partial charge on any atom is 0.355 e. The van der Waals surface area contributed by atoms with Crippen molar-refractivity contribution in [3.8, 4) is 5.75 Å². The molecular formula is C25H25FN5O6PS. The average molecular weight is 574 g/mol. The molecule has 0 radical (unpaired) electrons. The Balaban J connectivity index is 1.57. The molecule has 204 valence electrons. The van der Waals surface area contributed by atoms with Gasteiger partial charge in [0.25, 0.3) is 0 Å². The summed E-state index contributed by atoms with van der Waals surface area (Å²) < 4.78 is 48.1. The van der Waals surface area contributed by atoms with E-state index in [1.54, 1.807) is 37.4 Å². The molecular weight excluding hydrogens is 548 g/mol. The number of para-hydroxylation sites is 1. The summed E-state index contributed by atoms with van der Waals surface area (Å²) in [5, 5.41) is 13.9. The van der Waals surface area contributed by atoms with Gasteiger partial charge in [-0.05, 0) is 58.6 Å². The Kier molecular flexibility index (Phi) is 8.85. The van der Waals surface area contributed by atoms with E-state index in [4.69, 9.17) is 14.0 Å². The number of hydrogen-bond donors (Lipinski definition) is 1. The van der Waals surface area contributed by atoms with Gasteiger partial charge in [-0.1, -0.05) is 36.9 Å². The van der Waals surface area contributed by atoms with Gasteiger partial charge in [0, 0.05) is 11.7 Å². The fraction of sp³-hybridized carbons (Fsp3) is 0.240. The lowest BCUT2D eigenvalue weighted by molar-refractivity contribution is -0.146. The fourth-order valence-corrected chi connectivity index (χ4v) is 6.29. The molecule has 0 saturated carbocycles. The number of esters is 2. The minimum absolute atomic E-state index is 0.0313. The number of ether oxygens (including phenoxy) is 2. The number of carbonyl (C=O) groups is 2. The molecule has 0 aliphatic rings. The van der Waals surface area contributed by atoms with E-state index in [1.807, 2.05) is 0 Å². The first-order valence-electron chi connectivity index (χ1n) is 11.7. The first-order valence-corrected chi connectivity index (χ1v) is 14.2. The number of rotatable bonds is 12. The van der Waals surface area contributed by atoms with Gasteiger partial charge in [-0.25, -0.2) is 19.0 Å². The van der Waals surface area contributed by atoms with Gasteiger partial charge in [0.15, 0.2) is 12.4 Å². The highest BCUT2D eigenvalue weighted by molar-refractivity contribution is 7.57. The summed E-state index contributed by atoms with van der Waals surface area (Å²) >= 11 is 1.18. The Morgan fingerprint density at radius 3 is 2.67 bits per heavy atom. The summed E-state index contributed by atoms with van der Waals surface area (Å²) in [5.41, 5.74) is 0.0313. The van der Waals surface area contributed by atoms with E-state index in [0.29, 0.717) is 20.8 Å². The number of fused-ring (bicyclic) bond motifs is 1. The molecule has 1 N–H and O–H groups in total. The molecule has 2 heterocycles. The third kappa shape index (κ3) is 6.75. The highest BCUT2D eigenvalue weighted by Gasteiger charge is 2.41. The largest absolute Gasteiger partial charge is 0.457 e. The molecule has 39 heavy (non-hydrogen) atoms. The number of nitrogens with one attached hydrogen (secondary N) is 1. The number of benzene rings is 2. The van der Waals surface area contributed by atoms with Crippen LogP contribution >= 0.6 is 18.9 Å². The Labute approximate surface area is 227 Å². The zero-order valence-corrected chi connectivity index (χ0v) is 22.7. The number of hydrogen-bond acceptors (Lipinski definition) is 10. The summed E-state index contributed by atoms with van der Waals surface area (Å²) in [7, 11) is -2.84. The Bertz CT molecular complexity index is 1530. The first-order chi connectivity index (χ1) is 18.7. The number of aromatic nitrogens is 4. The zero-order chi connectivity index (χ0) is 28.0. The number of tetrazole rings is 1. The second-order valence-corrected chi connectivity index (χ2v) is 11.5. The monoisotopic (exact) mass is 573 g/mol. The average Bonchev–Trinajstić information content (AvgIpc) is 3.55. The molecule has 0 fully saturated rings. The SMILES string of the molecule is C=CCOC(=O)c1cc2cc([C@H](F)P(=O)(NC(C)C(=O)OCc3nnnn3C)Oc3ccccc3)ccc2s1. The molecule has 4 rings (SSSR count). The predicted molar refractivity (Wildman–Crippen MR) is 142 cm³/mol. The number of alkyl halides is 1. The molecule has 2 aromatic carbocycles. The Morgan fingerprint density at radius 1 is 1.21 bits per heavy atom. The topological polar surface area (TPSA) is 135 Å². The van der Waals surface area contributed by atoms with Crippen molar-refractivity contribution >= 4 is 40.9 Å². The van der Waals surface area contributed by atoms with Gasteiger partial charge in [0.2, 0.25) is 5.91 Å². The summed E-state index contributed by atoms with van der Waals surface area (Å²) in [6.45, 7) is 4.72. The van der Waals surface area contributed by atoms with E-state index in [1.165, 1.54) is 53.3 Å². The van der Waals surface area contributed by atoms with Crippen LogP contribution in [0.3, 0.4) is 0 Å². The lowest BCUT2D eigenvalue weighted by atomic mass is 10.2. The second kappa shape index (κ2) is 12.3. The smallest absolute Gasteiger partial charge is 0.355 e. The normalized spacial score (nSPS) is 14.2. The van der Waals surface area contributed by atoms with Gasteiger partial charge in [-0.2, -0.15) is 0 Å². The van der Waals surface area contributed by atoms with Crippen LogP contribution in [0.15, 0.2) is 67.3 Å². The lowest BCUT2D eigenvalue weighted by Gasteiger charge is -2.26. The highest BCUT2D eigenvalue weighted by atomic mass is 32.1. The molecule has 11 nitrogen and oxygen atoms in total. The van der Waals surface area contributed by atoms with Crippen LogP contribution in [0.2, 0.25) is 0 Å². The van der Waals surface area contributed by atoms with Gasteiger partial charge in [-0.15, -0.1) is 16.4 Å². The van der Waals surface area contributed by atoms with Crippen molar-refractivity contribution < 1.29 is 32.5 Å².